The number of carboxylic acids is 1. The molecule has 0 unspecified atom stereocenters. The Morgan fingerprint density at radius 2 is 1.85 bits per heavy atom. The zero-order chi connectivity index (χ0) is 19.2. The van der Waals surface area contributed by atoms with Crippen molar-refractivity contribution in [3.8, 4) is 16.9 Å². The molecule has 1 aliphatic rings. The average molecular weight is 358 g/mol. The first kappa shape index (κ1) is 18.5. The highest BCUT2D eigenvalue weighted by Crippen LogP contribution is 2.32. The van der Waals surface area contributed by atoms with Crippen LogP contribution in [0.5, 0.6) is 5.75 Å². The third-order valence-corrected chi connectivity index (χ3v) is 4.39. The van der Waals surface area contributed by atoms with E-state index in [9.17, 15) is 4.79 Å². The quantitative estimate of drug-likeness (QED) is 0.554. The van der Waals surface area contributed by atoms with Gasteiger partial charge in [-0.3, -0.25) is 0 Å². The van der Waals surface area contributed by atoms with E-state index in [1.165, 1.54) is 11.6 Å². The maximum atomic E-state index is 10.6. The Hall–Kier alpha value is -3.33. The van der Waals surface area contributed by atoms with Crippen LogP contribution in [0.3, 0.4) is 0 Å². The number of carboxylic acid groups (broad SMARTS) is 1. The lowest BCUT2D eigenvalue weighted by atomic mass is 9.97. The number of hydrogen-bond acceptors (Lipinski definition) is 2. The Labute approximate surface area is 159 Å². The van der Waals surface area contributed by atoms with Crippen LogP contribution in [0.15, 0.2) is 89.6 Å². The van der Waals surface area contributed by atoms with Gasteiger partial charge in [0.05, 0.1) is 0 Å². The van der Waals surface area contributed by atoms with Gasteiger partial charge in [-0.05, 0) is 59.9 Å². The van der Waals surface area contributed by atoms with E-state index in [2.05, 4.69) is 30.3 Å². The smallest absolute Gasteiger partial charge is 0.328 e. The van der Waals surface area contributed by atoms with Crippen molar-refractivity contribution >= 4 is 12.0 Å². The van der Waals surface area contributed by atoms with E-state index in [0.29, 0.717) is 12.2 Å². The average Bonchev–Trinajstić information content (AvgIpc) is 2.67. The molecule has 0 spiro atoms. The molecule has 0 fully saturated rings. The van der Waals surface area contributed by atoms with Gasteiger partial charge < -0.3 is 9.84 Å². The molecule has 0 radical (unpaired) electrons. The fraction of sp³-hybridized carbons (Fsp3) is 0.125. The lowest BCUT2D eigenvalue weighted by molar-refractivity contribution is -0.131. The first-order valence-electron chi connectivity index (χ1n) is 8.82. The van der Waals surface area contributed by atoms with Crippen molar-refractivity contribution in [1.29, 1.82) is 0 Å². The fourth-order valence-corrected chi connectivity index (χ4v) is 2.91. The highest BCUT2D eigenvalue weighted by molar-refractivity contribution is 5.81. The Bertz CT molecular complexity index is 960. The Kier molecular flexibility index (Phi) is 5.72. The van der Waals surface area contributed by atoms with Gasteiger partial charge in [-0.1, -0.05) is 54.6 Å². The second kappa shape index (κ2) is 8.37. The van der Waals surface area contributed by atoms with Crippen LogP contribution in [-0.2, 0) is 4.79 Å². The van der Waals surface area contributed by atoms with Gasteiger partial charge in [-0.2, -0.15) is 0 Å². The predicted octanol–water partition coefficient (Wildman–Crippen LogP) is 5.66. The predicted molar refractivity (Wildman–Crippen MR) is 110 cm³/mol. The minimum Gasteiger partial charge on any atom is -0.488 e. The highest BCUT2D eigenvalue weighted by atomic mass is 16.5. The first-order chi connectivity index (χ1) is 13.0. The molecule has 0 aliphatic carbocycles. The second-order valence-electron chi connectivity index (χ2n) is 6.51. The molecule has 1 N–H and O–H groups in total. The molecule has 0 bridgehead atoms. The molecule has 0 aromatic heterocycles. The van der Waals surface area contributed by atoms with E-state index in [1.54, 1.807) is 13.0 Å². The van der Waals surface area contributed by atoms with Crippen molar-refractivity contribution in [2.24, 2.45) is 0 Å². The van der Waals surface area contributed by atoms with Crippen LogP contribution < -0.4 is 4.74 Å². The highest BCUT2D eigenvalue weighted by Gasteiger charge is 2.13. The lowest BCUT2D eigenvalue weighted by Gasteiger charge is -2.19. The van der Waals surface area contributed by atoms with Crippen LogP contribution in [0.2, 0.25) is 0 Å². The van der Waals surface area contributed by atoms with Crippen LogP contribution in [0.1, 0.15) is 19.4 Å². The van der Waals surface area contributed by atoms with Gasteiger partial charge in [0.1, 0.15) is 12.4 Å². The van der Waals surface area contributed by atoms with Crippen molar-refractivity contribution in [3.63, 3.8) is 0 Å². The zero-order valence-corrected chi connectivity index (χ0v) is 15.5. The molecule has 2 aromatic rings. The Morgan fingerprint density at radius 1 is 1.07 bits per heavy atom. The number of hydrogen-bond donors (Lipinski definition) is 1. The Morgan fingerprint density at radius 3 is 2.59 bits per heavy atom. The van der Waals surface area contributed by atoms with Crippen molar-refractivity contribution in [3.05, 3.63) is 95.1 Å². The van der Waals surface area contributed by atoms with Crippen LogP contribution in [0.25, 0.3) is 17.2 Å². The molecule has 27 heavy (non-hydrogen) atoms. The minimum absolute atomic E-state index is 0.526. The van der Waals surface area contributed by atoms with Gasteiger partial charge >= 0.3 is 5.97 Å². The first-order valence-corrected chi connectivity index (χ1v) is 8.82. The van der Waals surface area contributed by atoms with Crippen LogP contribution in [0.4, 0.5) is 0 Å². The summed E-state index contributed by atoms with van der Waals surface area (Å²) in [5.74, 6) is -0.0472. The number of aliphatic carboxylic acids is 1. The summed E-state index contributed by atoms with van der Waals surface area (Å²) in [6.45, 7) is 4.32. The Balaban J connectivity index is 1.83. The molecule has 0 amide bonds. The van der Waals surface area contributed by atoms with Crippen molar-refractivity contribution in [1.82, 2.24) is 0 Å². The summed E-state index contributed by atoms with van der Waals surface area (Å²) in [6, 6.07) is 16.5. The van der Waals surface area contributed by atoms with E-state index >= 15 is 0 Å². The standard InChI is InChI=1S/C24H22O3/c1-17(13-24(25)26)7-6-8-18(2)22-15-21-14-20(11-12-23(21)27-16-22)19-9-4-3-5-10-19/h3-15H,16H2,1-2H3,(H,25,26)/b7-6+,17-13-,18-8+. The number of carbonyl (C=O) groups is 1. The minimum atomic E-state index is -0.938. The summed E-state index contributed by atoms with van der Waals surface area (Å²) < 4.78 is 5.91. The number of benzene rings is 2. The molecule has 3 heteroatoms. The maximum Gasteiger partial charge on any atom is 0.328 e. The SMILES string of the molecule is CC(=C/C(=O)O)/C=C/C=C(\C)C1=Cc2cc(-c3ccccc3)ccc2OC1. The van der Waals surface area contributed by atoms with Gasteiger partial charge in [-0.15, -0.1) is 0 Å². The zero-order valence-electron chi connectivity index (χ0n) is 15.5. The van der Waals surface area contributed by atoms with Gasteiger partial charge in [0.2, 0.25) is 0 Å². The van der Waals surface area contributed by atoms with Gasteiger partial charge in [0.15, 0.2) is 0 Å². The summed E-state index contributed by atoms with van der Waals surface area (Å²) in [5.41, 5.74) is 6.29. The van der Waals surface area contributed by atoms with Crippen molar-refractivity contribution in [2.75, 3.05) is 6.61 Å². The van der Waals surface area contributed by atoms with E-state index in [4.69, 9.17) is 9.84 Å². The van der Waals surface area contributed by atoms with Crippen LogP contribution >= 0.6 is 0 Å². The topological polar surface area (TPSA) is 46.5 Å². The number of rotatable bonds is 5. The summed E-state index contributed by atoms with van der Waals surface area (Å²) in [6.07, 6.45) is 8.96. The van der Waals surface area contributed by atoms with E-state index in [-0.39, 0.29) is 0 Å². The molecule has 0 saturated heterocycles. The summed E-state index contributed by atoms with van der Waals surface area (Å²) >= 11 is 0. The van der Waals surface area contributed by atoms with Gasteiger partial charge in [-0.25, -0.2) is 4.79 Å². The van der Waals surface area contributed by atoms with E-state index < -0.39 is 5.97 Å². The number of ether oxygens (including phenoxy) is 1. The van der Waals surface area contributed by atoms with E-state index in [1.807, 2.05) is 43.3 Å². The molecule has 1 heterocycles. The largest absolute Gasteiger partial charge is 0.488 e. The maximum absolute atomic E-state index is 10.6. The summed E-state index contributed by atoms with van der Waals surface area (Å²) in [7, 11) is 0. The fourth-order valence-electron chi connectivity index (χ4n) is 2.91. The monoisotopic (exact) mass is 358 g/mol. The molecule has 0 atom stereocenters. The molecular formula is C24H22O3. The van der Waals surface area contributed by atoms with Gasteiger partial charge in [0, 0.05) is 11.6 Å². The number of allylic oxidation sites excluding steroid dienone is 4. The molecule has 3 nitrogen and oxygen atoms in total. The molecule has 0 saturated carbocycles. The molecule has 1 aliphatic heterocycles. The molecule has 2 aromatic carbocycles. The second-order valence-corrected chi connectivity index (χ2v) is 6.51. The summed E-state index contributed by atoms with van der Waals surface area (Å²) in [4.78, 5) is 10.6. The molecule has 136 valence electrons. The summed E-state index contributed by atoms with van der Waals surface area (Å²) in [5, 5.41) is 8.74. The third-order valence-electron chi connectivity index (χ3n) is 4.39. The molecule has 3 rings (SSSR count). The number of fused-ring (bicyclic) bond motifs is 1. The van der Waals surface area contributed by atoms with Crippen molar-refractivity contribution < 1.29 is 14.6 Å². The van der Waals surface area contributed by atoms with Gasteiger partial charge in [0.25, 0.3) is 0 Å². The van der Waals surface area contributed by atoms with Crippen LogP contribution in [-0.4, -0.2) is 17.7 Å². The van der Waals surface area contributed by atoms with Crippen molar-refractivity contribution in [2.45, 2.75) is 13.8 Å². The van der Waals surface area contributed by atoms with E-state index in [0.717, 1.165) is 28.0 Å². The normalized spacial score (nSPS) is 14.5. The molecular weight excluding hydrogens is 336 g/mol. The van der Waals surface area contributed by atoms with Crippen LogP contribution in [0, 0.1) is 0 Å². The third kappa shape index (κ3) is 4.85. The lowest BCUT2D eigenvalue weighted by Crippen LogP contribution is -2.08.